The number of thiocarbonyl (C=S) groups is 1. The molecule has 1 aliphatic heterocycles. The molecule has 1 aromatic carbocycles. The Labute approximate surface area is 138 Å². The van der Waals surface area contributed by atoms with Crippen molar-refractivity contribution in [2.75, 3.05) is 38.1 Å². The number of likely N-dealkylation sites (tertiary alicyclic amines) is 1. The second kappa shape index (κ2) is 9.43. The maximum absolute atomic E-state index is 5.44. The number of ether oxygens (including phenoxy) is 1. The van der Waals surface area contributed by atoms with Crippen molar-refractivity contribution in [3.8, 4) is 5.75 Å². The molecular formula is C17H25N3OS. The lowest BCUT2D eigenvalue weighted by Gasteiger charge is -2.15. The molecule has 0 unspecified atom stereocenters. The quantitative estimate of drug-likeness (QED) is 0.438. The van der Waals surface area contributed by atoms with Crippen LogP contribution in [0.25, 0.3) is 0 Å². The summed E-state index contributed by atoms with van der Waals surface area (Å²) in [6, 6.07) is 7.75. The van der Waals surface area contributed by atoms with Gasteiger partial charge in [0.05, 0.1) is 0 Å². The molecule has 1 saturated heterocycles. The lowest BCUT2D eigenvalue weighted by atomic mass is 10.3. The van der Waals surface area contributed by atoms with Crippen LogP contribution < -0.4 is 15.4 Å². The van der Waals surface area contributed by atoms with Crippen molar-refractivity contribution in [3.05, 3.63) is 36.9 Å². The minimum absolute atomic E-state index is 0.518. The van der Waals surface area contributed by atoms with Gasteiger partial charge in [-0.2, -0.15) is 0 Å². The van der Waals surface area contributed by atoms with Crippen molar-refractivity contribution in [2.24, 2.45) is 0 Å². The first-order valence-corrected chi connectivity index (χ1v) is 8.30. The summed E-state index contributed by atoms with van der Waals surface area (Å²) in [7, 11) is 0. The summed E-state index contributed by atoms with van der Waals surface area (Å²) >= 11 is 5.31. The van der Waals surface area contributed by atoms with Gasteiger partial charge < -0.3 is 20.3 Å². The van der Waals surface area contributed by atoms with Crippen molar-refractivity contribution < 1.29 is 4.74 Å². The first-order valence-electron chi connectivity index (χ1n) is 7.89. The minimum Gasteiger partial charge on any atom is -0.490 e. The van der Waals surface area contributed by atoms with E-state index in [0.29, 0.717) is 11.7 Å². The summed E-state index contributed by atoms with van der Waals surface area (Å²) < 4.78 is 5.44. The van der Waals surface area contributed by atoms with Crippen LogP contribution in [0.2, 0.25) is 0 Å². The molecule has 2 rings (SSSR count). The molecule has 0 bridgehead atoms. The predicted octanol–water partition coefficient (Wildman–Crippen LogP) is 3.02. The van der Waals surface area contributed by atoms with Gasteiger partial charge in [0.25, 0.3) is 0 Å². The highest BCUT2D eigenvalue weighted by atomic mass is 32.1. The fourth-order valence-corrected chi connectivity index (χ4v) is 2.70. The number of rotatable bonds is 8. The Morgan fingerprint density at radius 2 is 2.00 bits per heavy atom. The Morgan fingerprint density at radius 1 is 1.27 bits per heavy atom. The first kappa shape index (κ1) is 16.8. The Balaban J connectivity index is 1.62. The van der Waals surface area contributed by atoms with E-state index in [-0.39, 0.29) is 0 Å². The van der Waals surface area contributed by atoms with Crippen LogP contribution in [0.5, 0.6) is 5.75 Å². The number of hydrogen-bond donors (Lipinski definition) is 2. The van der Waals surface area contributed by atoms with Gasteiger partial charge in [0.15, 0.2) is 5.11 Å². The van der Waals surface area contributed by atoms with Crippen LogP contribution in [0, 0.1) is 0 Å². The zero-order chi connectivity index (χ0) is 15.6. The molecule has 0 aliphatic carbocycles. The molecule has 5 heteroatoms. The Hall–Kier alpha value is -1.59. The SMILES string of the molecule is C=CCOc1ccc(NC(=S)NCCCN2CCCC2)cc1. The first-order chi connectivity index (χ1) is 10.8. The largest absolute Gasteiger partial charge is 0.490 e. The smallest absolute Gasteiger partial charge is 0.170 e. The highest BCUT2D eigenvalue weighted by molar-refractivity contribution is 7.80. The summed E-state index contributed by atoms with van der Waals surface area (Å²) in [4.78, 5) is 2.51. The molecule has 4 nitrogen and oxygen atoms in total. The van der Waals surface area contributed by atoms with Gasteiger partial charge in [-0.05, 0) is 75.4 Å². The third-order valence-corrected chi connectivity index (χ3v) is 3.86. The van der Waals surface area contributed by atoms with Crippen molar-refractivity contribution >= 4 is 23.0 Å². The van der Waals surface area contributed by atoms with E-state index in [1.165, 1.54) is 25.9 Å². The average Bonchev–Trinajstić information content (AvgIpc) is 3.04. The monoisotopic (exact) mass is 319 g/mol. The molecule has 1 fully saturated rings. The molecule has 0 aromatic heterocycles. The van der Waals surface area contributed by atoms with Gasteiger partial charge in [-0.3, -0.25) is 0 Å². The number of anilines is 1. The number of nitrogens with zero attached hydrogens (tertiary/aromatic N) is 1. The van der Waals surface area contributed by atoms with E-state index in [4.69, 9.17) is 17.0 Å². The third kappa shape index (κ3) is 6.03. The van der Waals surface area contributed by atoms with E-state index < -0.39 is 0 Å². The Kier molecular flexibility index (Phi) is 7.19. The van der Waals surface area contributed by atoms with Crippen LogP contribution in [0.3, 0.4) is 0 Å². The molecule has 0 spiro atoms. The minimum atomic E-state index is 0.518. The normalized spacial score (nSPS) is 14.5. The van der Waals surface area contributed by atoms with Gasteiger partial charge in [-0.25, -0.2) is 0 Å². The van der Waals surface area contributed by atoms with Crippen LogP contribution in [0.1, 0.15) is 19.3 Å². The molecule has 120 valence electrons. The van der Waals surface area contributed by atoms with Crippen LogP contribution in [-0.2, 0) is 0 Å². The van der Waals surface area contributed by atoms with Crippen LogP contribution in [-0.4, -0.2) is 42.8 Å². The number of benzene rings is 1. The van der Waals surface area contributed by atoms with E-state index in [1.54, 1.807) is 6.08 Å². The average molecular weight is 319 g/mol. The summed E-state index contributed by atoms with van der Waals surface area (Å²) in [6.45, 7) is 8.71. The van der Waals surface area contributed by atoms with E-state index >= 15 is 0 Å². The van der Waals surface area contributed by atoms with Crippen LogP contribution in [0.15, 0.2) is 36.9 Å². The van der Waals surface area contributed by atoms with Gasteiger partial charge in [0.2, 0.25) is 0 Å². The molecule has 1 aliphatic rings. The Morgan fingerprint density at radius 3 is 2.68 bits per heavy atom. The van der Waals surface area contributed by atoms with E-state index in [1.807, 2.05) is 24.3 Å². The summed E-state index contributed by atoms with van der Waals surface area (Å²) in [5, 5.41) is 7.11. The molecule has 1 heterocycles. The molecule has 1 aromatic rings. The van der Waals surface area contributed by atoms with Gasteiger partial charge in [0, 0.05) is 12.2 Å². The third-order valence-electron chi connectivity index (χ3n) is 3.62. The summed E-state index contributed by atoms with van der Waals surface area (Å²) in [5.74, 6) is 0.829. The van der Waals surface area contributed by atoms with Crippen molar-refractivity contribution in [1.29, 1.82) is 0 Å². The summed E-state index contributed by atoms with van der Waals surface area (Å²) in [5.41, 5.74) is 0.961. The van der Waals surface area contributed by atoms with E-state index in [9.17, 15) is 0 Å². The van der Waals surface area contributed by atoms with Crippen molar-refractivity contribution in [2.45, 2.75) is 19.3 Å². The lowest BCUT2D eigenvalue weighted by Crippen LogP contribution is -2.31. The molecule has 0 radical (unpaired) electrons. The van der Waals surface area contributed by atoms with Crippen molar-refractivity contribution in [3.63, 3.8) is 0 Å². The molecule has 22 heavy (non-hydrogen) atoms. The molecular weight excluding hydrogens is 294 g/mol. The van der Waals surface area contributed by atoms with Gasteiger partial charge in [0.1, 0.15) is 12.4 Å². The second-order valence-electron chi connectivity index (χ2n) is 5.41. The topological polar surface area (TPSA) is 36.5 Å². The van der Waals surface area contributed by atoms with Crippen LogP contribution in [0.4, 0.5) is 5.69 Å². The van der Waals surface area contributed by atoms with Crippen molar-refractivity contribution in [1.82, 2.24) is 10.2 Å². The fourth-order valence-electron chi connectivity index (χ4n) is 2.48. The summed E-state index contributed by atoms with van der Waals surface area (Å²) in [6.07, 6.45) is 5.54. The molecule has 0 atom stereocenters. The molecule has 0 amide bonds. The molecule has 0 saturated carbocycles. The maximum atomic E-state index is 5.44. The number of hydrogen-bond acceptors (Lipinski definition) is 3. The van der Waals surface area contributed by atoms with E-state index in [0.717, 1.165) is 30.9 Å². The second-order valence-corrected chi connectivity index (χ2v) is 5.82. The number of nitrogens with one attached hydrogen (secondary N) is 2. The van der Waals surface area contributed by atoms with Gasteiger partial charge >= 0.3 is 0 Å². The van der Waals surface area contributed by atoms with Gasteiger partial charge in [-0.1, -0.05) is 12.7 Å². The zero-order valence-electron chi connectivity index (χ0n) is 13.0. The van der Waals surface area contributed by atoms with Gasteiger partial charge in [-0.15, -0.1) is 0 Å². The highest BCUT2D eigenvalue weighted by Gasteiger charge is 2.10. The highest BCUT2D eigenvalue weighted by Crippen LogP contribution is 2.15. The lowest BCUT2D eigenvalue weighted by molar-refractivity contribution is 0.334. The van der Waals surface area contributed by atoms with Crippen LogP contribution >= 0.6 is 12.2 Å². The standard InChI is InChI=1S/C17H25N3OS/c1-2-14-21-16-8-6-15(7-9-16)19-17(22)18-10-5-13-20-11-3-4-12-20/h2,6-9H,1,3-5,10-14H2,(H2,18,19,22). The van der Waals surface area contributed by atoms with E-state index in [2.05, 4.69) is 22.1 Å². The zero-order valence-corrected chi connectivity index (χ0v) is 13.8. The fraction of sp³-hybridized carbons (Fsp3) is 0.471. The predicted molar refractivity (Wildman–Crippen MR) is 96.6 cm³/mol. The maximum Gasteiger partial charge on any atom is 0.170 e. The molecule has 2 N–H and O–H groups in total. The Bertz CT molecular complexity index is 469.